The van der Waals surface area contributed by atoms with E-state index < -0.39 is 10.0 Å². The number of benzene rings is 4. The van der Waals surface area contributed by atoms with E-state index >= 15 is 0 Å². The van der Waals surface area contributed by atoms with Crippen LogP contribution < -0.4 is 4.72 Å². The summed E-state index contributed by atoms with van der Waals surface area (Å²) < 4.78 is 31.0. The van der Waals surface area contributed by atoms with Gasteiger partial charge in [-0.25, -0.2) is 13.4 Å². The molecule has 0 aromatic heterocycles. The quantitative estimate of drug-likeness (QED) is 0.214. The number of fused-ring (bicyclic) bond motifs is 1. The minimum absolute atomic E-state index is 0.0130. The molecule has 1 fully saturated rings. The summed E-state index contributed by atoms with van der Waals surface area (Å²) in [4.78, 5) is 14.2. The molecule has 2 aliphatic rings. The van der Waals surface area contributed by atoms with Crippen LogP contribution in [-0.2, 0) is 10.0 Å². The second kappa shape index (κ2) is 12.4. The predicted octanol–water partition coefficient (Wildman–Crippen LogP) is 9.10. The van der Waals surface area contributed by atoms with Crippen LogP contribution in [0.2, 0.25) is 5.02 Å². The second-order valence-corrected chi connectivity index (χ2v) is 14.4. The van der Waals surface area contributed by atoms with Crippen molar-refractivity contribution in [2.24, 2.45) is 11.0 Å². The Morgan fingerprint density at radius 1 is 0.930 bits per heavy atom. The smallest absolute Gasteiger partial charge is 0.274 e. The van der Waals surface area contributed by atoms with Gasteiger partial charge in [0.25, 0.3) is 15.9 Å². The number of rotatable bonds is 6. The minimum Gasteiger partial charge on any atom is -0.280 e. The van der Waals surface area contributed by atoms with Gasteiger partial charge < -0.3 is 0 Å². The molecule has 1 heterocycles. The van der Waals surface area contributed by atoms with Crippen molar-refractivity contribution >= 4 is 76.9 Å². The van der Waals surface area contributed by atoms with E-state index in [9.17, 15) is 13.2 Å². The zero-order valence-electron chi connectivity index (χ0n) is 22.8. The maximum absolute atomic E-state index is 14.2. The van der Waals surface area contributed by atoms with Gasteiger partial charge in [0.2, 0.25) is 0 Å². The van der Waals surface area contributed by atoms with E-state index in [0.29, 0.717) is 10.7 Å². The zero-order valence-corrected chi connectivity index (χ0v) is 27.5. The Morgan fingerprint density at radius 3 is 2.30 bits per heavy atom. The molecule has 0 saturated heterocycles. The summed E-state index contributed by atoms with van der Waals surface area (Å²) >= 11 is 13.0. The predicted molar refractivity (Wildman–Crippen MR) is 179 cm³/mol. The third-order valence-corrected chi connectivity index (χ3v) is 10.3. The molecule has 6 rings (SSSR count). The van der Waals surface area contributed by atoms with Gasteiger partial charge in [0.15, 0.2) is 0 Å². The Morgan fingerprint density at radius 2 is 1.60 bits per heavy atom. The van der Waals surface area contributed by atoms with Crippen molar-refractivity contribution in [3.05, 3.63) is 133 Å². The van der Waals surface area contributed by atoms with Crippen LogP contribution in [0.4, 0.5) is 5.69 Å². The Hall–Kier alpha value is -3.24. The molecule has 4 aromatic rings. The van der Waals surface area contributed by atoms with E-state index in [1.165, 1.54) is 12.1 Å². The molecule has 0 unspecified atom stereocenters. The molecule has 1 N–H and O–H groups in total. The fourth-order valence-electron chi connectivity index (χ4n) is 5.58. The van der Waals surface area contributed by atoms with Gasteiger partial charge >= 0.3 is 0 Å². The van der Waals surface area contributed by atoms with Crippen LogP contribution in [-0.4, -0.2) is 25.0 Å². The monoisotopic (exact) mass is 737 g/mol. The first-order valence-electron chi connectivity index (χ1n) is 13.7. The number of nitrogens with one attached hydrogen (secondary N) is 1. The summed E-state index contributed by atoms with van der Waals surface area (Å²) in [5.41, 5.74) is 4.66. The van der Waals surface area contributed by atoms with Crippen molar-refractivity contribution < 1.29 is 13.2 Å². The van der Waals surface area contributed by atoms with Gasteiger partial charge in [0, 0.05) is 31.1 Å². The molecule has 218 valence electrons. The van der Waals surface area contributed by atoms with Gasteiger partial charge in [0.1, 0.15) is 0 Å². The first-order valence-corrected chi connectivity index (χ1v) is 17.2. The van der Waals surface area contributed by atoms with E-state index in [0.717, 1.165) is 50.6 Å². The van der Waals surface area contributed by atoms with Crippen LogP contribution in [0.1, 0.15) is 46.8 Å². The van der Waals surface area contributed by atoms with Gasteiger partial charge in [-0.1, -0.05) is 73.8 Å². The largest absolute Gasteiger partial charge is 0.280 e. The maximum atomic E-state index is 14.2. The van der Waals surface area contributed by atoms with Gasteiger partial charge in [-0.2, -0.15) is 5.10 Å². The molecule has 4 aromatic carbocycles. The van der Waals surface area contributed by atoms with Crippen LogP contribution in [0.25, 0.3) is 6.08 Å². The maximum Gasteiger partial charge on any atom is 0.274 e. The van der Waals surface area contributed by atoms with E-state index in [1.807, 2.05) is 36.4 Å². The third kappa shape index (κ3) is 6.50. The Kier molecular flexibility index (Phi) is 8.60. The molecular weight excluding hydrogens is 714 g/mol. The molecule has 6 nitrogen and oxygen atoms in total. The molecule has 1 amide bonds. The highest BCUT2D eigenvalue weighted by atomic mass is 79.9. The topological polar surface area (TPSA) is 78.8 Å². The fraction of sp³-hybridized carbons (Fsp3) is 0.152. The Balaban J connectivity index is 1.37. The highest BCUT2D eigenvalue weighted by Gasteiger charge is 2.44. The molecule has 43 heavy (non-hydrogen) atoms. The Labute approximate surface area is 272 Å². The number of hydrogen-bond acceptors (Lipinski definition) is 4. The lowest BCUT2D eigenvalue weighted by Gasteiger charge is -2.29. The molecule has 1 saturated carbocycles. The van der Waals surface area contributed by atoms with Crippen molar-refractivity contribution in [3.63, 3.8) is 0 Å². The SMILES string of the molecule is O=C(c1cccc(S(=O)(=O)Nc2ccc(Cl)cc2)c1)N1N=C2/C(=C\c3ccc(Br)cc3)CCC[C@@H]2[C@@H]1c1ccc(Br)cc1. The number of allylic oxidation sites excluding steroid dienone is 1. The molecular formula is C33H26Br2ClN3O3S. The van der Waals surface area contributed by atoms with Crippen molar-refractivity contribution in [1.82, 2.24) is 5.01 Å². The molecule has 0 radical (unpaired) electrons. The van der Waals surface area contributed by atoms with E-state index in [-0.39, 0.29) is 28.3 Å². The summed E-state index contributed by atoms with van der Waals surface area (Å²) in [6.45, 7) is 0. The number of sulfonamides is 1. The van der Waals surface area contributed by atoms with Crippen molar-refractivity contribution in [2.75, 3.05) is 4.72 Å². The molecule has 2 atom stereocenters. The summed E-state index contributed by atoms with van der Waals surface area (Å²) in [5, 5.41) is 7.01. The lowest BCUT2D eigenvalue weighted by atomic mass is 9.77. The first kappa shape index (κ1) is 29.8. The van der Waals surface area contributed by atoms with E-state index in [1.54, 1.807) is 41.4 Å². The Bertz CT molecular complexity index is 1840. The summed E-state index contributed by atoms with van der Waals surface area (Å²) in [5.74, 6) is -0.347. The number of anilines is 1. The number of hydrogen-bond donors (Lipinski definition) is 1. The lowest BCUT2D eigenvalue weighted by molar-refractivity contribution is 0.0680. The molecule has 1 aliphatic carbocycles. The summed E-state index contributed by atoms with van der Waals surface area (Å²) in [7, 11) is -3.96. The summed E-state index contributed by atoms with van der Waals surface area (Å²) in [6, 6.07) is 28.2. The average molecular weight is 740 g/mol. The summed E-state index contributed by atoms with van der Waals surface area (Å²) in [6.07, 6.45) is 4.88. The lowest BCUT2D eigenvalue weighted by Crippen LogP contribution is -2.32. The van der Waals surface area contributed by atoms with Gasteiger partial charge in [0.05, 0.1) is 16.6 Å². The number of carbonyl (C=O) groups is 1. The van der Waals surface area contributed by atoms with Crippen LogP contribution >= 0.6 is 43.5 Å². The highest BCUT2D eigenvalue weighted by molar-refractivity contribution is 9.10. The molecule has 1 aliphatic heterocycles. The van der Waals surface area contributed by atoms with Gasteiger partial charge in [-0.15, -0.1) is 0 Å². The van der Waals surface area contributed by atoms with Crippen LogP contribution in [0.5, 0.6) is 0 Å². The van der Waals surface area contributed by atoms with Crippen LogP contribution in [0, 0.1) is 5.92 Å². The van der Waals surface area contributed by atoms with E-state index in [4.69, 9.17) is 16.7 Å². The molecule has 0 spiro atoms. The van der Waals surface area contributed by atoms with E-state index in [2.05, 4.69) is 54.8 Å². The van der Waals surface area contributed by atoms with Crippen molar-refractivity contribution in [2.45, 2.75) is 30.2 Å². The second-order valence-electron chi connectivity index (χ2n) is 10.5. The number of hydrazone groups is 1. The number of halogens is 3. The van der Waals surface area contributed by atoms with Crippen LogP contribution in [0.3, 0.4) is 0 Å². The average Bonchev–Trinajstić information content (AvgIpc) is 3.40. The minimum atomic E-state index is -3.96. The zero-order chi connectivity index (χ0) is 30.1. The number of amides is 1. The normalized spacial score (nSPS) is 19.2. The number of nitrogens with zero attached hydrogens (tertiary/aromatic N) is 2. The first-order chi connectivity index (χ1) is 20.7. The number of carbonyl (C=O) groups excluding carboxylic acids is 1. The van der Waals surface area contributed by atoms with Crippen molar-refractivity contribution in [1.29, 1.82) is 0 Å². The van der Waals surface area contributed by atoms with Gasteiger partial charge in [-0.05, 0) is 109 Å². The molecule has 0 bridgehead atoms. The third-order valence-electron chi connectivity index (χ3n) is 7.62. The standard InChI is InChI=1S/C33H26Br2ClN3O3S/c34-25-11-7-21(8-12-25)19-23-3-2-6-30-31(23)37-39(32(30)22-9-13-26(35)14-10-22)33(40)24-4-1-5-29(20-24)43(41,42)38-28-17-15-27(36)16-18-28/h1,4-5,7-20,30,32,38H,2-3,6H2/b23-19-/t30-,32-/m0/s1. The highest BCUT2D eigenvalue weighted by Crippen LogP contribution is 2.45. The molecule has 10 heteroatoms. The van der Waals surface area contributed by atoms with Gasteiger partial charge in [-0.3, -0.25) is 9.52 Å². The van der Waals surface area contributed by atoms with Crippen molar-refractivity contribution in [3.8, 4) is 0 Å². The fourth-order valence-corrected chi connectivity index (χ4v) is 7.34. The van der Waals surface area contributed by atoms with Crippen LogP contribution in [0.15, 0.2) is 122 Å².